The molecule has 2 rings (SSSR count). The van der Waals surface area contributed by atoms with Crippen molar-refractivity contribution >= 4 is 23.2 Å². The molecule has 0 radical (unpaired) electrons. The molecule has 20 heavy (non-hydrogen) atoms. The summed E-state index contributed by atoms with van der Waals surface area (Å²) >= 11 is 12.5. The van der Waals surface area contributed by atoms with Gasteiger partial charge in [-0.3, -0.25) is 0 Å². The summed E-state index contributed by atoms with van der Waals surface area (Å²) in [7, 11) is 1.94. The fourth-order valence-corrected chi connectivity index (χ4v) is 2.92. The van der Waals surface area contributed by atoms with Crippen LogP contribution in [0.1, 0.15) is 33.9 Å². The first kappa shape index (κ1) is 15.4. The van der Waals surface area contributed by atoms with E-state index in [-0.39, 0.29) is 6.04 Å². The Balaban J connectivity index is 2.58. The third-order valence-corrected chi connectivity index (χ3v) is 4.33. The first-order chi connectivity index (χ1) is 9.43. The number of hydrogen-bond donors (Lipinski definition) is 1. The fourth-order valence-electron chi connectivity index (χ4n) is 2.51. The highest BCUT2D eigenvalue weighted by atomic mass is 35.5. The molecular formula is C17H19Cl2N. The van der Waals surface area contributed by atoms with Crippen LogP contribution in [0.5, 0.6) is 0 Å². The van der Waals surface area contributed by atoms with Crippen LogP contribution in [0, 0.1) is 20.8 Å². The summed E-state index contributed by atoms with van der Waals surface area (Å²) in [5, 5.41) is 4.78. The third-order valence-electron chi connectivity index (χ3n) is 3.75. The van der Waals surface area contributed by atoms with Crippen LogP contribution in [0.3, 0.4) is 0 Å². The Labute approximate surface area is 130 Å². The van der Waals surface area contributed by atoms with Crippen LogP contribution in [-0.2, 0) is 0 Å². The lowest BCUT2D eigenvalue weighted by atomic mass is 9.92. The molecule has 0 saturated carbocycles. The van der Waals surface area contributed by atoms with Gasteiger partial charge in [0.2, 0.25) is 0 Å². The van der Waals surface area contributed by atoms with Crippen molar-refractivity contribution in [3.63, 3.8) is 0 Å². The molecule has 1 unspecified atom stereocenters. The lowest BCUT2D eigenvalue weighted by Gasteiger charge is -2.22. The van der Waals surface area contributed by atoms with Crippen molar-refractivity contribution in [3.05, 3.63) is 68.2 Å². The van der Waals surface area contributed by atoms with E-state index in [0.29, 0.717) is 5.02 Å². The maximum Gasteiger partial charge on any atom is 0.0592 e. The summed E-state index contributed by atoms with van der Waals surface area (Å²) in [5.74, 6) is 0. The van der Waals surface area contributed by atoms with Crippen molar-refractivity contribution in [3.8, 4) is 0 Å². The molecule has 0 spiro atoms. The lowest BCUT2D eigenvalue weighted by molar-refractivity contribution is 0.687. The normalized spacial score (nSPS) is 12.5. The first-order valence-electron chi connectivity index (χ1n) is 6.64. The van der Waals surface area contributed by atoms with Gasteiger partial charge in [-0.15, -0.1) is 0 Å². The summed E-state index contributed by atoms with van der Waals surface area (Å²) in [5.41, 5.74) is 6.08. The van der Waals surface area contributed by atoms with Crippen LogP contribution in [0.4, 0.5) is 0 Å². The van der Waals surface area contributed by atoms with Gasteiger partial charge in [0, 0.05) is 10.0 Å². The van der Waals surface area contributed by atoms with Crippen LogP contribution >= 0.6 is 23.2 Å². The second-order valence-electron chi connectivity index (χ2n) is 5.18. The van der Waals surface area contributed by atoms with Crippen molar-refractivity contribution in [1.82, 2.24) is 5.32 Å². The van der Waals surface area contributed by atoms with Crippen molar-refractivity contribution in [2.45, 2.75) is 26.8 Å². The van der Waals surface area contributed by atoms with E-state index in [1.54, 1.807) is 0 Å². The Morgan fingerprint density at radius 1 is 0.850 bits per heavy atom. The summed E-state index contributed by atoms with van der Waals surface area (Å²) in [6, 6.07) is 10.1. The molecule has 0 bridgehead atoms. The molecule has 3 heteroatoms. The highest BCUT2D eigenvalue weighted by Gasteiger charge is 2.18. The molecule has 0 aliphatic heterocycles. The fraction of sp³-hybridized carbons (Fsp3) is 0.294. The molecule has 0 saturated heterocycles. The average Bonchev–Trinajstić information content (AvgIpc) is 2.40. The van der Waals surface area contributed by atoms with E-state index in [4.69, 9.17) is 23.2 Å². The predicted molar refractivity (Wildman–Crippen MR) is 88.0 cm³/mol. The highest BCUT2D eigenvalue weighted by Crippen LogP contribution is 2.32. The minimum absolute atomic E-state index is 0.0421. The topological polar surface area (TPSA) is 12.0 Å². The van der Waals surface area contributed by atoms with Crippen LogP contribution in [0.15, 0.2) is 30.3 Å². The van der Waals surface area contributed by atoms with Gasteiger partial charge in [0.25, 0.3) is 0 Å². The summed E-state index contributed by atoms with van der Waals surface area (Å²) in [6.45, 7) is 6.39. The van der Waals surface area contributed by atoms with Gasteiger partial charge in [0.1, 0.15) is 0 Å². The zero-order valence-corrected chi connectivity index (χ0v) is 13.7. The standard InChI is InChI=1S/C17H19Cl2N/c1-10-7-12(3)14(8-11(10)2)17(20-4)15-9-13(18)5-6-16(15)19/h5-9,17,20H,1-4H3. The molecule has 0 aliphatic rings. The lowest BCUT2D eigenvalue weighted by Crippen LogP contribution is -2.19. The molecule has 0 fully saturated rings. The van der Waals surface area contributed by atoms with E-state index in [1.165, 1.54) is 22.3 Å². The second kappa shape index (κ2) is 6.17. The van der Waals surface area contributed by atoms with Crippen LogP contribution in [0.2, 0.25) is 10.0 Å². The molecule has 0 amide bonds. The van der Waals surface area contributed by atoms with Gasteiger partial charge < -0.3 is 5.32 Å². The number of hydrogen-bond acceptors (Lipinski definition) is 1. The van der Waals surface area contributed by atoms with Crippen molar-refractivity contribution in [2.75, 3.05) is 7.05 Å². The molecule has 0 heterocycles. The van der Waals surface area contributed by atoms with E-state index >= 15 is 0 Å². The maximum atomic E-state index is 6.34. The van der Waals surface area contributed by atoms with Crippen LogP contribution < -0.4 is 5.32 Å². The zero-order chi connectivity index (χ0) is 14.9. The average molecular weight is 308 g/mol. The van der Waals surface area contributed by atoms with Gasteiger partial charge in [0.15, 0.2) is 0 Å². The monoisotopic (exact) mass is 307 g/mol. The molecular weight excluding hydrogens is 289 g/mol. The molecule has 0 aromatic heterocycles. The van der Waals surface area contributed by atoms with E-state index in [2.05, 4.69) is 38.2 Å². The number of halogens is 2. The van der Waals surface area contributed by atoms with E-state index < -0.39 is 0 Å². The Bertz CT molecular complexity index is 635. The van der Waals surface area contributed by atoms with Gasteiger partial charge in [-0.1, -0.05) is 35.3 Å². The van der Waals surface area contributed by atoms with Gasteiger partial charge in [-0.25, -0.2) is 0 Å². The van der Waals surface area contributed by atoms with E-state index in [9.17, 15) is 0 Å². The quantitative estimate of drug-likeness (QED) is 0.819. The number of benzene rings is 2. The van der Waals surface area contributed by atoms with Crippen LogP contribution in [0.25, 0.3) is 0 Å². The van der Waals surface area contributed by atoms with E-state index in [0.717, 1.165) is 10.6 Å². The van der Waals surface area contributed by atoms with Gasteiger partial charge >= 0.3 is 0 Å². The predicted octanol–water partition coefficient (Wildman–Crippen LogP) is 5.23. The van der Waals surface area contributed by atoms with Crippen molar-refractivity contribution < 1.29 is 0 Å². The van der Waals surface area contributed by atoms with Crippen molar-refractivity contribution in [2.24, 2.45) is 0 Å². The molecule has 2 aromatic carbocycles. The highest BCUT2D eigenvalue weighted by molar-refractivity contribution is 6.33. The van der Waals surface area contributed by atoms with Crippen molar-refractivity contribution in [1.29, 1.82) is 0 Å². The van der Waals surface area contributed by atoms with Crippen LogP contribution in [-0.4, -0.2) is 7.05 Å². The summed E-state index contributed by atoms with van der Waals surface area (Å²) in [4.78, 5) is 0. The zero-order valence-electron chi connectivity index (χ0n) is 12.2. The Morgan fingerprint density at radius 3 is 2.15 bits per heavy atom. The maximum absolute atomic E-state index is 6.34. The van der Waals surface area contributed by atoms with Gasteiger partial charge in [0.05, 0.1) is 6.04 Å². The molecule has 2 aromatic rings. The number of rotatable bonds is 3. The minimum Gasteiger partial charge on any atom is -0.309 e. The molecule has 106 valence electrons. The molecule has 1 N–H and O–H groups in total. The number of aryl methyl sites for hydroxylation is 3. The molecule has 1 atom stereocenters. The third kappa shape index (κ3) is 3.01. The Kier molecular flexibility index (Phi) is 4.74. The summed E-state index contributed by atoms with van der Waals surface area (Å²) < 4.78 is 0. The molecule has 0 aliphatic carbocycles. The van der Waals surface area contributed by atoms with E-state index in [1.807, 2.05) is 25.2 Å². The SMILES string of the molecule is CNC(c1cc(C)c(C)cc1C)c1cc(Cl)ccc1Cl. The first-order valence-corrected chi connectivity index (χ1v) is 7.39. The Hall–Kier alpha value is -1.02. The second-order valence-corrected chi connectivity index (χ2v) is 6.02. The number of nitrogens with one attached hydrogen (secondary N) is 1. The smallest absolute Gasteiger partial charge is 0.0592 e. The minimum atomic E-state index is 0.0421. The van der Waals surface area contributed by atoms with Gasteiger partial charge in [-0.2, -0.15) is 0 Å². The van der Waals surface area contributed by atoms with Gasteiger partial charge in [-0.05, 0) is 73.8 Å². The molecule has 1 nitrogen and oxygen atoms in total. The largest absolute Gasteiger partial charge is 0.309 e. The Morgan fingerprint density at radius 2 is 1.50 bits per heavy atom. The summed E-state index contributed by atoms with van der Waals surface area (Å²) in [6.07, 6.45) is 0.